The molecular formula is C19H23N3O2. The number of likely N-dealkylation sites (N-methyl/N-ethyl adjacent to an activating group) is 1. The molecule has 1 N–H and O–H groups in total. The van der Waals surface area contributed by atoms with Crippen LogP contribution in [0.15, 0.2) is 42.7 Å². The maximum absolute atomic E-state index is 12.2. The van der Waals surface area contributed by atoms with Crippen molar-refractivity contribution >= 4 is 17.5 Å². The van der Waals surface area contributed by atoms with Crippen molar-refractivity contribution in [3.63, 3.8) is 0 Å². The molecule has 2 amide bonds. The van der Waals surface area contributed by atoms with Gasteiger partial charge in [-0.25, -0.2) is 0 Å². The molecule has 5 heteroatoms. The molecular weight excluding hydrogens is 302 g/mol. The van der Waals surface area contributed by atoms with Crippen LogP contribution in [0.3, 0.4) is 0 Å². The van der Waals surface area contributed by atoms with Gasteiger partial charge < -0.3 is 10.2 Å². The SMILES string of the molecule is Cc1ccc(NC(=O)CC(=O)N(C)CCc2ccncc2)c(C)c1. The topological polar surface area (TPSA) is 62.3 Å². The summed E-state index contributed by atoms with van der Waals surface area (Å²) in [7, 11) is 1.72. The van der Waals surface area contributed by atoms with Gasteiger partial charge in [-0.15, -0.1) is 0 Å². The molecule has 0 aliphatic carbocycles. The highest BCUT2D eigenvalue weighted by Crippen LogP contribution is 2.16. The summed E-state index contributed by atoms with van der Waals surface area (Å²) in [6, 6.07) is 9.64. The van der Waals surface area contributed by atoms with Crippen LogP contribution in [0.4, 0.5) is 5.69 Å². The Morgan fingerprint density at radius 1 is 1.12 bits per heavy atom. The molecule has 24 heavy (non-hydrogen) atoms. The summed E-state index contributed by atoms with van der Waals surface area (Å²) in [5, 5.41) is 2.80. The van der Waals surface area contributed by atoms with Gasteiger partial charge >= 0.3 is 0 Å². The number of nitrogens with zero attached hydrogens (tertiary/aromatic N) is 2. The van der Waals surface area contributed by atoms with E-state index in [4.69, 9.17) is 0 Å². The molecule has 0 unspecified atom stereocenters. The molecule has 0 saturated carbocycles. The van der Waals surface area contributed by atoms with Crippen molar-refractivity contribution in [3.8, 4) is 0 Å². The van der Waals surface area contributed by atoms with E-state index in [1.807, 2.05) is 44.2 Å². The van der Waals surface area contributed by atoms with Gasteiger partial charge in [-0.2, -0.15) is 0 Å². The van der Waals surface area contributed by atoms with Gasteiger partial charge in [0, 0.05) is 31.7 Å². The summed E-state index contributed by atoms with van der Waals surface area (Å²) in [5.41, 5.74) is 3.99. The Morgan fingerprint density at radius 2 is 1.83 bits per heavy atom. The normalized spacial score (nSPS) is 10.3. The van der Waals surface area contributed by atoms with Crippen molar-refractivity contribution in [2.75, 3.05) is 18.9 Å². The molecule has 0 aliphatic heterocycles. The quantitative estimate of drug-likeness (QED) is 0.831. The highest BCUT2D eigenvalue weighted by atomic mass is 16.2. The zero-order chi connectivity index (χ0) is 17.5. The smallest absolute Gasteiger partial charge is 0.233 e. The van der Waals surface area contributed by atoms with Crippen LogP contribution in [0, 0.1) is 13.8 Å². The van der Waals surface area contributed by atoms with E-state index in [9.17, 15) is 9.59 Å². The first-order chi connectivity index (χ1) is 11.5. The molecule has 2 rings (SSSR count). The van der Waals surface area contributed by atoms with E-state index in [1.165, 1.54) is 0 Å². The van der Waals surface area contributed by atoms with E-state index >= 15 is 0 Å². The fourth-order valence-corrected chi connectivity index (χ4v) is 2.39. The number of nitrogens with one attached hydrogen (secondary N) is 1. The van der Waals surface area contributed by atoms with E-state index in [2.05, 4.69) is 10.3 Å². The minimum absolute atomic E-state index is 0.153. The molecule has 126 valence electrons. The first kappa shape index (κ1) is 17.7. The van der Waals surface area contributed by atoms with Crippen LogP contribution >= 0.6 is 0 Å². The molecule has 0 aliphatic rings. The summed E-state index contributed by atoms with van der Waals surface area (Å²) >= 11 is 0. The van der Waals surface area contributed by atoms with Gasteiger partial charge in [0.25, 0.3) is 0 Å². The Hall–Kier alpha value is -2.69. The maximum atomic E-state index is 12.2. The first-order valence-corrected chi connectivity index (χ1v) is 7.95. The first-order valence-electron chi connectivity index (χ1n) is 7.95. The van der Waals surface area contributed by atoms with Gasteiger partial charge in [-0.05, 0) is 49.6 Å². The fraction of sp³-hybridized carbons (Fsp3) is 0.316. The van der Waals surface area contributed by atoms with Gasteiger partial charge in [-0.1, -0.05) is 17.7 Å². The second-order valence-corrected chi connectivity index (χ2v) is 5.96. The summed E-state index contributed by atoms with van der Waals surface area (Å²) in [4.78, 5) is 29.8. The van der Waals surface area contributed by atoms with E-state index in [-0.39, 0.29) is 18.2 Å². The number of hydrogen-bond acceptors (Lipinski definition) is 3. The van der Waals surface area contributed by atoms with Crippen molar-refractivity contribution in [3.05, 3.63) is 59.4 Å². The summed E-state index contributed by atoms with van der Waals surface area (Å²) < 4.78 is 0. The standard InChI is InChI=1S/C19H23N3O2/c1-14-4-5-17(15(2)12-14)21-18(23)13-19(24)22(3)11-8-16-6-9-20-10-7-16/h4-7,9-10,12H,8,11,13H2,1-3H3,(H,21,23). The fourth-order valence-electron chi connectivity index (χ4n) is 2.39. The van der Waals surface area contributed by atoms with Crippen LogP contribution in [-0.4, -0.2) is 35.3 Å². The number of benzene rings is 1. The predicted molar refractivity (Wildman–Crippen MR) is 94.7 cm³/mol. The lowest BCUT2D eigenvalue weighted by atomic mass is 10.1. The number of amides is 2. The van der Waals surface area contributed by atoms with Crippen LogP contribution < -0.4 is 5.32 Å². The van der Waals surface area contributed by atoms with Crippen LogP contribution in [0.1, 0.15) is 23.1 Å². The summed E-state index contributed by atoms with van der Waals surface area (Å²) in [6.07, 6.45) is 4.05. The molecule has 1 aromatic heterocycles. The Labute approximate surface area is 142 Å². The predicted octanol–water partition coefficient (Wildman–Crippen LogP) is 2.73. The van der Waals surface area contributed by atoms with Crippen molar-refractivity contribution in [2.45, 2.75) is 26.7 Å². The molecule has 0 atom stereocenters. The maximum Gasteiger partial charge on any atom is 0.233 e. The summed E-state index contributed by atoms with van der Waals surface area (Å²) in [5.74, 6) is -0.478. The summed E-state index contributed by atoms with van der Waals surface area (Å²) in [6.45, 7) is 4.50. The van der Waals surface area contributed by atoms with Gasteiger partial charge in [0.05, 0.1) is 0 Å². The van der Waals surface area contributed by atoms with Crippen LogP contribution in [0.5, 0.6) is 0 Å². The van der Waals surface area contributed by atoms with Crippen LogP contribution in [0.25, 0.3) is 0 Å². The van der Waals surface area contributed by atoms with Gasteiger partial charge in [-0.3, -0.25) is 14.6 Å². The van der Waals surface area contributed by atoms with Crippen molar-refractivity contribution < 1.29 is 9.59 Å². The Balaban J connectivity index is 1.83. The lowest BCUT2D eigenvalue weighted by Crippen LogP contribution is -2.32. The van der Waals surface area contributed by atoms with Crippen molar-refractivity contribution in [1.29, 1.82) is 0 Å². The monoisotopic (exact) mass is 325 g/mol. The van der Waals surface area contributed by atoms with Crippen LogP contribution in [-0.2, 0) is 16.0 Å². The van der Waals surface area contributed by atoms with Gasteiger partial charge in [0.1, 0.15) is 6.42 Å². The second kappa shape index (κ2) is 8.24. The third kappa shape index (κ3) is 5.19. The Morgan fingerprint density at radius 3 is 2.50 bits per heavy atom. The molecule has 0 spiro atoms. The number of carbonyl (C=O) groups excluding carboxylic acids is 2. The van der Waals surface area contributed by atoms with E-state index in [0.717, 1.165) is 28.8 Å². The number of carbonyl (C=O) groups is 2. The molecule has 2 aromatic rings. The molecule has 0 saturated heterocycles. The molecule has 1 heterocycles. The Bertz CT molecular complexity index is 714. The molecule has 0 fully saturated rings. The zero-order valence-electron chi connectivity index (χ0n) is 14.4. The van der Waals surface area contributed by atoms with Gasteiger partial charge in [0.15, 0.2) is 0 Å². The highest BCUT2D eigenvalue weighted by Gasteiger charge is 2.14. The molecule has 0 radical (unpaired) electrons. The zero-order valence-corrected chi connectivity index (χ0v) is 14.4. The van der Waals surface area contributed by atoms with E-state index in [1.54, 1.807) is 24.3 Å². The second-order valence-electron chi connectivity index (χ2n) is 5.96. The average Bonchev–Trinajstić information content (AvgIpc) is 2.56. The average molecular weight is 325 g/mol. The number of aromatic nitrogens is 1. The molecule has 0 bridgehead atoms. The molecule has 5 nitrogen and oxygen atoms in total. The number of hydrogen-bond donors (Lipinski definition) is 1. The van der Waals surface area contributed by atoms with Crippen molar-refractivity contribution in [1.82, 2.24) is 9.88 Å². The number of aryl methyl sites for hydroxylation is 2. The Kier molecular flexibility index (Phi) is 6.07. The largest absolute Gasteiger partial charge is 0.345 e. The lowest BCUT2D eigenvalue weighted by Gasteiger charge is -2.17. The lowest BCUT2D eigenvalue weighted by molar-refractivity contribution is -0.133. The minimum atomic E-state index is -0.289. The third-order valence-electron chi connectivity index (χ3n) is 3.88. The minimum Gasteiger partial charge on any atom is -0.345 e. The van der Waals surface area contributed by atoms with E-state index in [0.29, 0.717) is 6.54 Å². The van der Waals surface area contributed by atoms with Crippen LogP contribution in [0.2, 0.25) is 0 Å². The molecule has 1 aromatic carbocycles. The number of anilines is 1. The van der Waals surface area contributed by atoms with Crippen molar-refractivity contribution in [2.24, 2.45) is 0 Å². The van der Waals surface area contributed by atoms with Gasteiger partial charge in [0.2, 0.25) is 11.8 Å². The van der Waals surface area contributed by atoms with E-state index < -0.39 is 0 Å². The third-order valence-corrected chi connectivity index (χ3v) is 3.88. The number of pyridine rings is 1. The number of rotatable bonds is 6. The highest BCUT2D eigenvalue weighted by molar-refractivity contribution is 6.03.